The standard InChI is InChI=1S/C19H20N2O7/c1-4-27-19(23)13-5-7-15(12(2)9-13)20-18(22)11-28-14-6-8-16(21(24)25)17(10-14)26-3/h5-10H,4,11H2,1-3H3,(H,20,22). The van der Waals surface area contributed by atoms with E-state index in [0.717, 1.165) is 0 Å². The summed E-state index contributed by atoms with van der Waals surface area (Å²) in [7, 11) is 1.31. The lowest BCUT2D eigenvalue weighted by Gasteiger charge is -2.11. The van der Waals surface area contributed by atoms with Crippen LogP contribution in [0, 0.1) is 17.0 Å². The Kier molecular flexibility index (Phi) is 6.91. The number of hydrogen-bond donors (Lipinski definition) is 1. The van der Waals surface area contributed by atoms with Crippen LogP contribution in [-0.4, -0.2) is 37.1 Å². The molecule has 0 spiro atoms. The molecule has 2 rings (SSSR count). The van der Waals surface area contributed by atoms with Crippen LogP contribution in [-0.2, 0) is 9.53 Å². The molecule has 0 aliphatic rings. The number of nitro groups is 1. The molecule has 0 aromatic heterocycles. The number of benzene rings is 2. The van der Waals surface area contributed by atoms with Crippen molar-refractivity contribution in [3.63, 3.8) is 0 Å². The molecule has 0 fully saturated rings. The maximum atomic E-state index is 12.1. The van der Waals surface area contributed by atoms with Crippen molar-refractivity contribution in [2.45, 2.75) is 13.8 Å². The first-order valence-electron chi connectivity index (χ1n) is 8.38. The van der Waals surface area contributed by atoms with E-state index in [1.807, 2.05) is 0 Å². The Morgan fingerprint density at radius 1 is 1.18 bits per heavy atom. The average molecular weight is 388 g/mol. The Bertz CT molecular complexity index is 896. The van der Waals surface area contributed by atoms with Crippen LogP contribution < -0.4 is 14.8 Å². The van der Waals surface area contributed by atoms with Gasteiger partial charge in [0.05, 0.1) is 24.2 Å². The van der Waals surface area contributed by atoms with Gasteiger partial charge >= 0.3 is 11.7 Å². The zero-order valence-electron chi connectivity index (χ0n) is 15.7. The molecule has 148 valence electrons. The number of carbonyl (C=O) groups is 2. The van der Waals surface area contributed by atoms with Crippen molar-refractivity contribution in [1.82, 2.24) is 0 Å². The van der Waals surface area contributed by atoms with E-state index in [-0.39, 0.29) is 30.4 Å². The Morgan fingerprint density at radius 3 is 2.54 bits per heavy atom. The molecule has 0 bridgehead atoms. The minimum Gasteiger partial charge on any atom is -0.490 e. The van der Waals surface area contributed by atoms with Gasteiger partial charge in [0.1, 0.15) is 5.75 Å². The van der Waals surface area contributed by atoms with E-state index < -0.39 is 16.8 Å². The van der Waals surface area contributed by atoms with Crippen molar-refractivity contribution in [2.75, 3.05) is 25.6 Å². The molecule has 0 saturated heterocycles. The SMILES string of the molecule is CCOC(=O)c1ccc(NC(=O)COc2ccc([N+](=O)[O-])c(OC)c2)c(C)c1. The predicted molar refractivity (Wildman–Crippen MR) is 101 cm³/mol. The molecule has 0 unspecified atom stereocenters. The molecule has 0 heterocycles. The van der Waals surface area contributed by atoms with E-state index in [4.69, 9.17) is 14.2 Å². The number of ether oxygens (including phenoxy) is 3. The Hall–Kier alpha value is -3.62. The molecule has 0 atom stereocenters. The van der Waals surface area contributed by atoms with E-state index in [1.54, 1.807) is 32.0 Å². The highest BCUT2D eigenvalue weighted by atomic mass is 16.6. The van der Waals surface area contributed by atoms with Crippen molar-refractivity contribution < 1.29 is 28.7 Å². The molecule has 28 heavy (non-hydrogen) atoms. The molecule has 0 aliphatic heterocycles. The Balaban J connectivity index is 1.99. The van der Waals surface area contributed by atoms with Crippen LogP contribution >= 0.6 is 0 Å². The van der Waals surface area contributed by atoms with Crippen molar-refractivity contribution in [3.8, 4) is 11.5 Å². The number of anilines is 1. The summed E-state index contributed by atoms with van der Waals surface area (Å²) in [6, 6.07) is 8.75. The normalized spacial score (nSPS) is 10.1. The van der Waals surface area contributed by atoms with E-state index in [1.165, 1.54) is 25.3 Å². The minimum atomic E-state index is -0.571. The van der Waals surface area contributed by atoms with Crippen LogP contribution in [0.2, 0.25) is 0 Å². The lowest BCUT2D eigenvalue weighted by molar-refractivity contribution is -0.385. The number of carbonyl (C=O) groups excluding carboxylic acids is 2. The van der Waals surface area contributed by atoms with Gasteiger partial charge in [-0.15, -0.1) is 0 Å². The molecule has 9 heteroatoms. The van der Waals surface area contributed by atoms with Crippen LogP contribution in [0.25, 0.3) is 0 Å². The predicted octanol–water partition coefficient (Wildman–Crippen LogP) is 3.11. The number of esters is 1. The summed E-state index contributed by atoms with van der Waals surface area (Å²) in [4.78, 5) is 34.2. The first kappa shape index (κ1) is 20.7. The fourth-order valence-electron chi connectivity index (χ4n) is 2.38. The summed E-state index contributed by atoms with van der Waals surface area (Å²) in [5, 5.41) is 13.6. The van der Waals surface area contributed by atoms with Crippen LogP contribution in [0.5, 0.6) is 11.5 Å². The zero-order valence-corrected chi connectivity index (χ0v) is 15.7. The molecule has 2 aromatic carbocycles. The summed E-state index contributed by atoms with van der Waals surface area (Å²) in [6.07, 6.45) is 0. The number of hydrogen-bond acceptors (Lipinski definition) is 7. The van der Waals surface area contributed by atoms with Crippen LogP contribution in [0.3, 0.4) is 0 Å². The van der Waals surface area contributed by atoms with Gasteiger partial charge in [0.2, 0.25) is 5.75 Å². The largest absolute Gasteiger partial charge is 0.490 e. The number of amides is 1. The first-order chi connectivity index (χ1) is 13.3. The number of nitro benzene ring substituents is 1. The van der Waals surface area contributed by atoms with Gasteiger partial charge in [-0.05, 0) is 43.7 Å². The molecular weight excluding hydrogens is 368 g/mol. The fraction of sp³-hybridized carbons (Fsp3) is 0.263. The summed E-state index contributed by atoms with van der Waals surface area (Å²) in [6.45, 7) is 3.45. The van der Waals surface area contributed by atoms with Gasteiger partial charge in [-0.2, -0.15) is 0 Å². The lowest BCUT2D eigenvalue weighted by atomic mass is 10.1. The number of nitrogens with one attached hydrogen (secondary N) is 1. The van der Waals surface area contributed by atoms with Crippen LogP contribution in [0.15, 0.2) is 36.4 Å². The summed E-state index contributed by atoms with van der Waals surface area (Å²) >= 11 is 0. The topological polar surface area (TPSA) is 117 Å². The highest BCUT2D eigenvalue weighted by Gasteiger charge is 2.16. The summed E-state index contributed by atoms with van der Waals surface area (Å²) < 4.78 is 15.3. The third kappa shape index (κ3) is 5.19. The highest BCUT2D eigenvalue weighted by Crippen LogP contribution is 2.30. The molecular formula is C19H20N2O7. The van der Waals surface area contributed by atoms with Crippen LogP contribution in [0.1, 0.15) is 22.8 Å². The highest BCUT2D eigenvalue weighted by molar-refractivity contribution is 5.94. The summed E-state index contributed by atoms with van der Waals surface area (Å²) in [5.74, 6) is -0.566. The van der Waals surface area contributed by atoms with Gasteiger partial charge in [-0.3, -0.25) is 14.9 Å². The number of methoxy groups -OCH3 is 1. The minimum absolute atomic E-state index is 0.0355. The van der Waals surface area contributed by atoms with Gasteiger partial charge in [0.15, 0.2) is 6.61 Å². The van der Waals surface area contributed by atoms with Gasteiger partial charge in [0.25, 0.3) is 5.91 Å². The number of rotatable bonds is 8. The molecule has 9 nitrogen and oxygen atoms in total. The van der Waals surface area contributed by atoms with E-state index >= 15 is 0 Å². The van der Waals surface area contributed by atoms with E-state index in [0.29, 0.717) is 16.8 Å². The third-order valence-corrected chi connectivity index (χ3v) is 3.73. The van der Waals surface area contributed by atoms with Gasteiger partial charge in [-0.1, -0.05) is 0 Å². The van der Waals surface area contributed by atoms with Gasteiger partial charge in [0, 0.05) is 17.8 Å². The van der Waals surface area contributed by atoms with Crippen LogP contribution in [0.4, 0.5) is 11.4 Å². The van der Waals surface area contributed by atoms with Crippen molar-refractivity contribution in [1.29, 1.82) is 0 Å². The van der Waals surface area contributed by atoms with Gasteiger partial charge in [-0.25, -0.2) is 4.79 Å². The molecule has 1 N–H and O–H groups in total. The Labute approximate surface area is 161 Å². The number of nitrogens with zero attached hydrogens (tertiary/aromatic N) is 1. The first-order valence-corrected chi connectivity index (χ1v) is 8.38. The molecule has 0 radical (unpaired) electrons. The second-order valence-electron chi connectivity index (χ2n) is 5.68. The lowest BCUT2D eigenvalue weighted by Crippen LogP contribution is -2.20. The average Bonchev–Trinajstić information content (AvgIpc) is 2.67. The fourth-order valence-corrected chi connectivity index (χ4v) is 2.38. The maximum absolute atomic E-state index is 12.1. The quantitative estimate of drug-likeness (QED) is 0.419. The molecule has 0 aliphatic carbocycles. The second kappa shape index (κ2) is 9.36. The van der Waals surface area contributed by atoms with Crippen molar-refractivity contribution in [2.24, 2.45) is 0 Å². The van der Waals surface area contributed by atoms with E-state index in [2.05, 4.69) is 5.32 Å². The Morgan fingerprint density at radius 2 is 1.93 bits per heavy atom. The summed E-state index contributed by atoms with van der Waals surface area (Å²) in [5.41, 5.74) is 1.42. The van der Waals surface area contributed by atoms with Crippen molar-refractivity contribution in [3.05, 3.63) is 57.6 Å². The molecule has 1 amide bonds. The maximum Gasteiger partial charge on any atom is 0.338 e. The number of aryl methyl sites for hydroxylation is 1. The zero-order chi connectivity index (χ0) is 20.7. The van der Waals surface area contributed by atoms with Gasteiger partial charge < -0.3 is 19.5 Å². The second-order valence-corrected chi connectivity index (χ2v) is 5.68. The molecule has 0 saturated carbocycles. The smallest absolute Gasteiger partial charge is 0.338 e. The monoisotopic (exact) mass is 388 g/mol. The third-order valence-electron chi connectivity index (χ3n) is 3.73. The molecule has 2 aromatic rings. The van der Waals surface area contributed by atoms with E-state index in [9.17, 15) is 19.7 Å². The van der Waals surface area contributed by atoms with Crippen molar-refractivity contribution >= 4 is 23.3 Å².